The number of hydrogen-bond donors (Lipinski definition) is 1. The molecule has 1 saturated heterocycles. The second-order valence-corrected chi connectivity index (χ2v) is 7.90. The van der Waals surface area contributed by atoms with Crippen LogP contribution in [0.2, 0.25) is 5.02 Å². The van der Waals surface area contributed by atoms with Crippen LogP contribution in [-0.4, -0.2) is 72.9 Å². The molecule has 0 bridgehead atoms. The van der Waals surface area contributed by atoms with Gasteiger partial charge in [0.15, 0.2) is 0 Å². The van der Waals surface area contributed by atoms with Crippen LogP contribution in [0.15, 0.2) is 48.5 Å². The Bertz CT molecular complexity index is 826. The number of hydrogen-bond acceptors (Lipinski definition) is 6. The summed E-state index contributed by atoms with van der Waals surface area (Å²) in [6, 6.07) is 12.5. The highest BCUT2D eigenvalue weighted by Crippen LogP contribution is 2.25. The van der Waals surface area contributed by atoms with Gasteiger partial charge >= 0.3 is 5.97 Å². The third-order valence-electron chi connectivity index (χ3n) is 5.19. The Hall–Kier alpha value is -2.19. The summed E-state index contributed by atoms with van der Waals surface area (Å²) in [5.41, 5.74) is 0.851. The van der Waals surface area contributed by atoms with Crippen molar-refractivity contribution in [1.29, 1.82) is 0 Å². The molecule has 0 saturated carbocycles. The molecule has 2 aromatic rings. The number of aliphatic hydroxyl groups excluding tert-OH is 1. The van der Waals surface area contributed by atoms with E-state index in [0.717, 1.165) is 5.56 Å². The Kier molecular flexibility index (Phi) is 8.66. The summed E-state index contributed by atoms with van der Waals surface area (Å²) in [5.74, 6) is -0.0815. The highest BCUT2D eigenvalue weighted by atomic mass is 35.5. The van der Waals surface area contributed by atoms with Crippen molar-refractivity contribution < 1.29 is 23.8 Å². The fourth-order valence-corrected chi connectivity index (χ4v) is 3.77. The average molecular weight is 451 g/mol. The zero-order chi connectivity index (χ0) is 22.2. The molecule has 2 unspecified atom stereocenters. The maximum Gasteiger partial charge on any atom is 0.328 e. The number of carbonyl (C=O) groups is 1. The SMILES string of the molecule is CCOC(=O)C(c1ccc(Cl)cc1)N1CCN(CC(O)COc2ccc(F)cc2)CC1. The number of β-amino-alcohol motifs (C(OH)–C–C–N with tert-alkyl or cyclic N) is 1. The van der Waals surface area contributed by atoms with Gasteiger partial charge in [-0.2, -0.15) is 0 Å². The summed E-state index contributed by atoms with van der Waals surface area (Å²) in [5, 5.41) is 10.9. The standard InChI is InChI=1S/C23H28ClFN2O4/c1-2-30-23(29)22(17-3-5-18(24)6-4-17)27-13-11-26(12-14-27)15-20(28)16-31-21-9-7-19(25)8-10-21/h3-10,20,22,28H,2,11-16H2,1H3. The fourth-order valence-electron chi connectivity index (χ4n) is 3.64. The van der Waals surface area contributed by atoms with Gasteiger partial charge in [-0.25, -0.2) is 9.18 Å². The summed E-state index contributed by atoms with van der Waals surface area (Å²) in [7, 11) is 0. The molecule has 0 aromatic heterocycles. The van der Waals surface area contributed by atoms with Gasteiger partial charge in [0.05, 0.1) is 6.61 Å². The molecule has 1 heterocycles. The van der Waals surface area contributed by atoms with Crippen LogP contribution in [0.25, 0.3) is 0 Å². The number of aliphatic hydroxyl groups is 1. The number of halogens is 2. The molecule has 0 amide bonds. The molecule has 1 fully saturated rings. The summed E-state index contributed by atoms with van der Waals surface area (Å²) in [4.78, 5) is 16.9. The number of benzene rings is 2. The van der Waals surface area contributed by atoms with E-state index in [0.29, 0.717) is 50.1 Å². The molecular formula is C23H28ClFN2O4. The van der Waals surface area contributed by atoms with Crippen molar-refractivity contribution in [2.75, 3.05) is 45.9 Å². The van der Waals surface area contributed by atoms with E-state index in [1.807, 2.05) is 12.1 Å². The van der Waals surface area contributed by atoms with Crippen LogP contribution in [0.1, 0.15) is 18.5 Å². The van der Waals surface area contributed by atoms with E-state index >= 15 is 0 Å². The van der Waals surface area contributed by atoms with Gasteiger partial charge in [0.25, 0.3) is 0 Å². The van der Waals surface area contributed by atoms with Crippen LogP contribution in [0, 0.1) is 5.82 Å². The number of esters is 1. The number of rotatable bonds is 9. The van der Waals surface area contributed by atoms with Crippen molar-refractivity contribution in [3.05, 3.63) is 64.9 Å². The molecule has 31 heavy (non-hydrogen) atoms. The van der Waals surface area contributed by atoms with Crippen molar-refractivity contribution in [2.45, 2.75) is 19.1 Å². The summed E-state index contributed by atoms with van der Waals surface area (Å²) in [6.07, 6.45) is -0.672. The molecule has 168 valence electrons. The molecule has 3 rings (SSSR count). The maximum absolute atomic E-state index is 13.0. The van der Waals surface area contributed by atoms with Crippen LogP contribution in [0.4, 0.5) is 4.39 Å². The normalized spacial score (nSPS) is 17.2. The van der Waals surface area contributed by atoms with E-state index in [1.54, 1.807) is 19.1 Å². The first-order valence-electron chi connectivity index (χ1n) is 10.4. The lowest BCUT2D eigenvalue weighted by Gasteiger charge is -2.39. The second-order valence-electron chi connectivity index (χ2n) is 7.46. The first-order chi connectivity index (χ1) is 15.0. The molecule has 0 aliphatic carbocycles. The minimum atomic E-state index is -0.672. The lowest BCUT2D eigenvalue weighted by atomic mass is 10.0. The minimum Gasteiger partial charge on any atom is -0.491 e. The molecule has 1 aliphatic heterocycles. The van der Waals surface area contributed by atoms with E-state index in [1.165, 1.54) is 24.3 Å². The van der Waals surface area contributed by atoms with E-state index in [4.69, 9.17) is 21.1 Å². The monoisotopic (exact) mass is 450 g/mol. The van der Waals surface area contributed by atoms with Gasteiger partial charge in [0.1, 0.15) is 30.3 Å². The molecule has 2 atom stereocenters. The summed E-state index contributed by atoms with van der Waals surface area (Å²) < 4.78 is 23.8. The number of carbonyl (C=O) groups excluding carboxylic acids is 1. The van der Waals surface area contributed by atoms with E-state index in [-0.39, 0.29) is 18.4 Å². The van der Waals surface area contributed by atoms with Gasteiger partial charge in [-0.15, -0.1) is 0 Å². The fraction of sp³-hybridized carbons (Fsp3) is 0.435. The molecule has 8 heteroatoms. The van der Waals surface area contributed by atoms with Crippen LogP contribution in [-0.2, 0) is 9.53 Å². The highest BCUT2D eigenvalue weighted by Gasteiger charge is 2.32. The van der Waals surface area contributed by atoms with Crippen molar-refractivity contribution in [3.8, 4) is 5.75 Å². The Labute approximate surface area is 187 Å². The number of ether oxygens (including phenoxy) is 2. The third-order valence-corrected chi connectivity index (χ3v) is 5.44. The van der Waals surface area contributed by atoms with Crippen LogP contribution in [0.3, 0.4) is 0 Å². The Morgan fingerprint density at radius 2 is 1.74 bits per heavy atom. The van der Waals surface area contributed by atoms with Gasteiger partial charge in [0.2, 0.25) is 0 Å². The minimum absolute atomic E-state index is 0.127. The van der Waals surface area contributed by atoms with E-state index in [2.05, 4.69) is 9.80 Å². The maximum atomic E-state index is 13.0. The summed E-state index contributed by atoms with van der Waals surface area (Å²) in [6.45, 7) is 5.44. The Morgan fingerprint density at radius 3 is 2.35 bits per heavy atom. The first-order valence-corrected chi connectivity index (χ1v) is 10.8. The van der Waals surface area contributed by atoms with Gasteiger partial charge in [0, 0.05) is 37.7 Å². The average Bonchev–Trinajstić information content (AvgIpc) is 2.76. The Morgan fingerprint density at radius 1 is 1.10 bits per heavy atom. The topological polar surface area (TPSA) is 62.2 Å². The van der Waals surface area contributed by atoms with Gasteiger partial charge < -0.3 is 14.6 Å². The zero-order valence-corrected chi connectivity index (χ0v) is 18.3. The zero-order valence-electron chi connectivity index (χ0n) is 17.5. The highest BCUT2D eigenvalue weighted by molar-refractivity contribution is 6.30. The van der Waals surface area contributed by atoms with Crippen LogP contribution >= 0.6 is 11.6 Å². The molecule has 2 aromatic carbocycles. The quantitative estimate of drug-likeness (QED) is 0.592. The van der Waals surface area contributed by atoms with Crippen LogP contribution < -0.4 is 4.74 Å². The lowest BCUT2D eigenvalue weighted by Crippen LogP contribution is -2.51. The van der Waals surface area contributed by atoms with Crippen molar-refractivity contribution >= 4 is 17.6 Å². The first kappa shape index (κ1) is 23.5. The smallest absolute Gasteiger partial charge is 0.328 e. The van der Waals surface area contributed by atoms with E-state index < -0.39 is 12.1 Å². The van der Waals surface area contributed by atoms with Crippen molar-refractivity contribution in [1.82, 2.24) is 9.80 Å². The molecule has 0 radical (unpaired) electrons. The van der Waals surface area contributed by atoms with Gasteiger partial charge in [-0.05, 0) is 48.9 Å². The van der Waals surface area contributed by atoms with Crippen molar-refractivity contribution in [3.63, 3.8) is 0 Å². The molecule has 0 spiro atoms. The predicted octanol–water partition coefficient (Wildman–Crippen LogP) is 3.14. The summed E-state index contributed by atoms with van der Waals surface area (Å²) >= 11 is 6.00. The molecule has 1 aliphatic rings. The Balaban J connectivity index is 1.51. The predicted molar refractivity (Wildman–Crippen MR) is 117 cm³/mol. The van der Waals surface area contributed by atoms with Gasteiger partial charge in [-0.1, -0.05) is 23.7 Å². The number of piperazine rings is 1. The third kappa shape index (κ3) is 6.90. The molecule has 6 nitrogen and oxygen atoms in total. The molecular weight excluding hydrogens is 423 g/mol. The lowest BCUT2D eigenvalue weighted by molar-refractivity contribution is -0.150. The number of nitrogens with zero attached hydrogens (tertiary/aromatic N) is 2. The van der Waals surface area contributed by atoms with Crippen molar-refractivity contribution in [2.24, 2.45) is 0 Å². The van der Waals surface area contributed by atoms with Gasteiger partial charge in [-0.3, -0.25) is 9.80 Å². The second kappa shape index (κ2) is 11.4. The molecule has 1 N–H and O–H groups in total. The largest absolute Gasteiger partial charge is 0.491 e. The van der Waals surface area contributed by atoms with E-state index in [9.17, 15) is 14.3 Å². The van der Waals surface area contributed by atoms with Crippen LogP contribution in [0.5, 0.6) is 5.75 Å².